The normalized spacial score (nSPS) is 23.9. The molecule has 1 aliphatic rings. The summed E-state index contributed by atoms with van der Waals surface area (Å²) in [5.41, 5.74) is 5.54. The Balaban J connectivity index is 2.80. The van der Waals surface area contributed by atoms with E-state index in [4.69, 9.17) is 10.8 Å². The van der Waals surface area contributed by atoms with Gasteiger partial charge in [-0.1, -0.05) is 5.16 Å². The van der Waals surface area contributed by atoms with E-state index in [-0.39, 0.29) is 13.0 Å². The average molecular weight is 201 g/mol. The van der Waals surface area contributed by atoms with Crippen molar-refractivity contribution in [2.75, 3.05) is 13.7 Å². The quantitative estimate of drug-likeness (QED) is 0.572. The van der Waals surface area contributed by atoms with Crippen molar-refractivity contribution in [1.82, 2.24) is 4.90 Å². The molecule has 0 radical (unpaired) electrons. The average Bonchev–Trinajstić information content (AvgIpc) is 2.49. The fourth-order valence-electron chi connectivity index (χ4n) is 1.36. The van der Waals surface area contributed by atoms with E-state index in [0.717, 1.165) is 4.90 Å². The van der Waals surface area contributed by atoms with Crippen molar-refractivity contribution in [3.05, 3.63) is 0 Å². The van der Waals surface area contributed by atoms with Crippen LogP contribution in [0.25, 0.3) is 0 Å². The molecule has 78 valence electrons. The van der Waals surface area contributed by atoms with E-state index in [2.05, 4.69) is 9.99 Å². The molecule has 7 heteroatoms. The number of likely N-dealkylation sites (tertiary alicyclic amines) is 1. The monoisotopic (exact) mass is 201 g/mol. The summed E-state index contributed by atoms with van der Waals surface area (Å²) in [6.45, 7) is 0.0663. The van der Waals surface area contributed by atoms with Crippen LogP contribution in [0.15, 0.2) is 5.16 Å². The molecular weight excluding hydrogens is 190 g/mol. The van der Waals surface area contributed by atoms with Gasteiger partial charge in [-0.3, -0.25) is 9.69 Å². The minimum Gasteiger partial charge on any atom is -0.465 e. The molecular formula is C7H11N3O4. The second kappa shape index (κ2) is 3.95. The fraction of sp³-hybridized carbons (Fsp3) is 0.571. The van der Waals surface area contributed by atoms with E-state index in [1.807, 2.05) is 0 Å². The highest BCUT2D eigenvalue weighted by atomic mass is 16.6. The molecule has 0 unspecified atom stereocenters. The predicted molar refractivity (Wildman–Crippen MR) is 46.8 cm³/mol. The number of nitrogens with two attached hydrogens (primary N) is 1. The van der Waals surface area contributed by atoms with Crippen LogP contribution in [-0.4, -0.2) is 47.4 Å². The van der Waals surface area contributed by atoms with Crippen molar-refractivity contribution >= 4 is 17.7 Å². The molecule has 3 N–H and O–H groups in total. The zero-order chi connectivity index (χ0) is 10.7. The Hall–Kier alpha value is -1.79. The standard InChI is InChI=1S/C7H11N3O4/c1-14-9-4-2-5(6(8)11)10(3-4)7(12)13/h5H,2-3H2,1H3,(H2,8,11)(H,12,13)/b9-4+/t5-/m0/s1. The molecule has 0 bridgehead atoms. The van der Waals surface area contributed by atoms with Crippen molar-refractivity contribution in [2.45, 2.75) is 12.5 Å². The lowest BCUT2D eigenvalue weighted by Crippen LogP contribution is -2.42. The van der Waals surface area contributed by atoms with Gasteiger partial charge in [-0.2, -0.15) is 0 Å². The maximum Gasteiger partial charge on any atom is 0.408 e. The first kappa shape index (κ1) is 10.3. The second-order valence-electron chi connectivity index (χ2n) is 2.87. The van der Waals surface area contributed by atoms with Crippen LogP contribution in [-0.2, 0) is 9.63 Å². The van der Waals surface area contributed by atoms with Gasteiger partial charge in [0.1, 0.15) is 13.2 Å². The first-order valence-electron chi connectivity index (χ1n) is 3.94. The van der Waals surface area contributed by atoms with Gasteiger partial charge in [-0.15, -0.1) is 0 Å². The van der Waals surface area contributed by atoms with Crippen LogP contribution in [0.4, 0.5) is 4.79 Å². The maximum atomic E-state index is 10.9. The molecule has 0 aromatic heterocycles. The van der Waals surface area contributed by atoms with Crippen molar-refractivity contribution in [3.8, 4) is 0 Å². The Morgan fingerprint density at radius 1 is 1.71 bits per heavy atom. The Labute approximate surface area is 80.1 Å². The number of primary amides is 1. The van der Waals surface area contributed by atoms with E-state index in [9.17, 15) is 9.59 Å². The molecule has 0 aromatic rings. The number of carbonyl (C=O) groups excluding carboxylic acids is 1. The summed E-state index contributed by atoms with van der Waals surface area (Å²) in [6, 6.07) is -0.832. The van der Waals surface area contributed by atoms with E-state index >= 15 is 0 Å². The summed E-state index contributed by atoms with van der Waals surface area (Å²) in [5, 5.41) is 12.3. The molecule has 1 aliphatic heterocycles. The number of nitrogens with zero attached hydrogens (tertiary/aromatic N) is 2. The highest BCUT2D eigenvalue weighted by Crippen LogP contribution is 2.15. The van der Waals surface area contributed by atoms with Crippen LogP contribution in [0.2, 0.25) is 0 Å². The third-order valence-corrected chi connectivity index (χ3v) is 1.95. The lowest BCUT2D eigenvalue weighted by atomic mass is 10.2. The number of oxime groups is 1. The maximum absolute atomic E-state index is 10.9. The highest BCUT2D eigenvalue weighted by Gasteiger charge is 2.36. The summed E-state index contributed by atoms with van der Waals surface area (Å²) >= 11 is 0. The Morgan fingerprint density at radius 2 is 2.36 bits per heavy atom. The number of rotatable bonds is 2. The van der Waals surface area contributed by atoms with Gasteiger partial charge in [0.25, 0.3) is 0 Å². The molecule has 0 aliphatic carbocycles. The molecule has 0 saturated carbocycles. The molecule has 1 atom stereocenters. The lowest BCUT2D eigenvalue weighted by Gasteiger charge is -2.16. The van der Waals surface area contributed by atoms with Gasteiger partial charge in [0, 0.05) is 6.42 Å². The minimum atomic E-state index is -1.19. The van der Waals surface area contributed by atoms with Gasteiger partial charge in [-0.25, -0.2) is 4.79 Å². The van der Waals surface area contributed by atoms with Gasteiger partial charge >= 0.3 is 6.09 Å². The highest BCUT2D eigenvalue weighted by molar-refractivity contribution is 5.99. The summed E-state index contributed by atoms with van der Waals surface area (Å²) in [7, 11) is 1.36. The van der Waals surface area contributed by atoms with Gasteiger partial charge < -0.3 is 15.7 Å². The topological polar surface area (TPSA) is 105 Å². The van der Waals surface area contributed by atoms with Gasteiger partial charge in [-0.05, 0) is 0 Å². The molecule has 1 rings (SSSR count). The number of hydrogen-bond donors (Lipinski definition) is 2. The van der Waals surface area contributed by atoms with Gasteiger partial charge in [0.05, 0.1) is 12.3 Å². The lowest BCUT2D eigenvalue weighted by molar-refractivity contribution is -0.121. The molecule has 1 heterocycles. The molecule has 0 aromatic carbocycles. The van der Waals surface area contributed by atoms with Crippen molar-refractivity contribution in [1.29, 1.82) is 0 Å². The first-order chi connectivity index (χ1) is 6.56. The van der Waals surface area contributed by atoms with Crippen molar-refractivity contribution in [2.24, 2.45) is 10.9 Å². The van der Waals surface area contributed by atoms with E-state index < -0.39 is 18.0 Å². The largest absolute Gasteiger partial charge is 0.465 e. The van der Waals surface area contributed by atoms with Crippen molar-refractivity contribution < 1.29 is 19.5 Å². The number of carboxylic acid groups (broad SMARTS) is 1. The number of hydrogen-bond acceptors (Lipinski definition) is 4. The number of amides is 2. The van der Waals surface area contributed by atoms with Crippen LogP contribution in [0.1, 0.15) is 6.42 Å². The van der Waals surface area contributed by atoms with Gasteiger partial charge in [0.2, 0.25) is 5.91 Å². The van der Waals surface area contributed by atoms with Crippen LogP contribution in [0.3, 0.4) is 0 Å². The summed E-state index contributed by atoms with van der Waals surface area (Å²) in [5.74, 6) is -0.672. The fourth-order valence-corrected chi connectivity index (χ4v) is 1.36. The molecule has 7 nitrogen and oxygen atoms in total. The molecule has 0 spiro atoms. The number of carbonyl (C=O) groups is 2. The van der Waals surface area contributed by atoms with E-state index in [1.165, 1.54) is 7.11 Å². The molecule has 1 fully saturated rings. The van der Waals surface area contributed by atoms with Crippen LogP contribution >= 0.6 is 0 Å². The molecule has 14 heavy (non-hydrogen) atoms. The summed E-state index contributed by atoms with van der Waals surface area (Å²) in [4.78, 5) is 27.0. The third kappa shape index (κ3) is 1.93. The van der Waals surface area contributed by atoms with Crippen LogP contribution in [0.5, 0.6) is 0 Å². The van der Waals surface area contributed by atoms with Gasteiger partial charge in [0.15, 0.2) is 0 Å². The third-order valence-electron chi connectivity index (χ3n) is 1.95. The Morgan fingerprint density at radius 3 is 2.71 bits per heavy atom. The minimum absolute atomic E-state index is 0.0663. The summed E-state index contributed by atoms with van der Waals surface area (Å²) in [6.07, 6.45) is -0.981. The summed E-state index contributed by atoms with van der Waals surface area (Å²) < 4.78 is 0. The Kier molecular flexibility index (Phi) is 2.90. The molecule has 1 saturated heterocycles. The Bertz CT molecular complexity index is 265. The second-order valence-corrected chi connectivity index (χ2v) is 2.87. The van der Waals surface area contributed by atoms with Crippen molar-refractivity contribution in [3.63, 3.8) is 0 Å². The van der Waals surface area contributed by atoms with Crippen LogP contribution in [0, 0.1) is 0 Å². The molecule has 2 amide bonds. The van der Waals surface area contributed by atoms with Crippen LogP contribution < -0.4 is 5.73 Å². The predicted octanol–water partition coefficient (Wildman–Crippen LogP) is -0.774. The zero-order valence-electron chi connectivity index (χ0n) is 7.64. The SMILES string of the molecule is CO/N=C1\C[C@@H](C(N)=O)N(C(=O)O)C1. The van der Waals surface area contributed by atoms with E-state index in [0.29, 0.717) is 5.71 Å². The van der Waals surface area contributed by atoms with E-state index in [1.54, 1.807) is 0 Å². The first-order valence-corrected chi connectivity index (χ1v) is 3.94. The zero-order valence-corrected chi connectivity index (χ0v) is 7.64. The smallest absolute Gasteiger partial charge is 0.408 e.